The number of esters is 1. The van der Waals surface area contributed by atoms with E-state index in [4.69, 9.17) is 14.2 Å². The Morgan fingerprint density at radius 2 is 1.95 bits per heavy atom. The maximum atomic E-state index is 11.5. The summed E-state index contributed by atoms with van der Waals surface area (Å²) in [6.07, 6.45) is 0. The molecule has 4 heteroatoms. The predicted octanol–water partition coefficient (Wildman–Crippen LogP) is 3.49. The third kappa shape index (κ3) is 4.81. The fourth-order valence-corrected chi connectivity index (χ4v) is 1.80. The van der Waals surface area contributed by atoms with E-state index < -0.39 is 5.97 Å². The molecule has 0 radical (unpaired) electrons. The van der Waals surface area contributed by atoms with Crippen LogP contribution in [0.15, 0.2) is 30.4 Å². The second kappa shape index (κ2) is 7.16. The van der Waals surface area contributed by atoms with Crippen molar-refractivity contribution in [3.8, 4) is 11.5 Å². The molecule has 0 N–H and O–H groups in total. The smallest absolute Gasteiger partial charge is 0.336 e. The highest BCUT2D eigenvalue weighted by Gasteiger charge is 2.20. The lowest BCUT2D eigenvalue weighted by atomic mass is 9.86. The summed E-state index contributed by atoms with van der Waals surface area (Å²) < 4.78 is 15.9. The van der Waals surface area contributed by atoms with Crippen molar-refractivity contribution < 1.29 is 19.0 Å². The number of carbonyl (C=O) groups excluding carboxylic acids is 1. The fourth-order valence-electron chi connectivity index (χ4n) is 1.80. The largest absolute Gasteiger partial charge is 0.497 e. The van der Waals surface area contributed by atoms with E-state index in [9.17, 15) is 4.79 Å². The van der Waals surface area contributed by atoms with Gasteiger partial charge in [0.25, 0.3) is 0 Å². The Kier molecular flexibility index (Phi) is 5.82. The van der Waals surface area contributed by atoms with Gasteiger partial charge in [0.05, 0.1) is 19.3 Å². The first-order chi connectivity index (χ1) is 9.79. The first kappa shape index (κ1) is 17.1. The zero-order chi connectivity index (χ0) is 16.0. The molecular weight excluding hydrogens is 268 g/mol. The summed E-state index contributed by atoms with van der Waals surface area (Å²) in [6, 6.07) is 5.62. The number of benzene rings is 1. The van der Waals surface area contributed by atoms with E-state index in [0.717, 1.165) is 11.3 Å². The number of ether oxygens (including phenoxy) is 3. The summed E-state index contributed by atoms with van der Waals surface area (Å²) in [6.45, 7) is 12.2. The summed E-state index contributed by atoms with van der Waals surface area (Å²) in [5.41, 5.74) is 1.21. The zero-order valence-corrected chi connectivity index (χ0v) is 13.5. The van der Waals surface area contributed by atoms with Crippen LogP contribution >= 0.6 is 0 Å². The predicted molar refractivity (Wildman–Crippen MR) is 83.0 cm³/mol. The highest BCUT2D eigenvalue weighted by atomic mass is 16.5. The van der Waals surface area contributed by atoms with Gasteiger partial charge < -0.3 is 14.2 Å². The molecule has 0 aliphatic heterocycles. The zero-order valence-electron chi connectivity index (χ0n) is 13.5. The van der Waals surface area contributed by atoms with Gasteiger partial charge in [-0.1, -0.05) is 27.4 Å². The average Bonchev–Trinajstić information content (AvgIpc) is 2.43. The Balaban J connectivity index is 2.88. The van der Waals surface area contributed by atoms with Crippen molar-refractivity contribution >= 4 is 5.97 Å². The normalized spacial score (nSPS) is 10.9. The van der Waals surface area contributed by atoms with Crippen LogP contribution in [-0.2, 0) is 14.9 Å². The van der Waals surface area contributed by atoms with Crippen LogP contribution in [0.4, 0.5) is 0 Å². The molecule has 0 aromatic heterocycles. The maximum Gasteiger partial charge on any atom is 0.336 e. The molecule has 116 valence electrons. The van der Waals surface area contributed by atoms with Crippen molar-refractivity contribution in [3.63, 3.8) is 0 Å². The van der Waals surface area contributed by atoms with Crippen LogP contribution < -0.4 is 9.47 Å². The summed E-state index contributed by atoms with van der Waals surface area (Å²) >= 11 is 0. The van der Waals surface area contributed by atoms with Gasteiger partial charge in [-0.05, 0) is 30.5 Å². The van der Waals surface area contributed by atoms with E-state index in [-0.39, 0.29) is 12.0 Å². The lowest BCUT2D eigenvalue weighted by Crippen LogP contribution is -2.17. The van der Waals surface area contributed by atoms with Crippen LogP contribution in [0.1, 0.15) is 33.3 Å². The number of carbonyl (C=O) groups is 1. The Hall–Kier alpha value is -1.97. The molecule has 0 spiro atoms. The van der Waals surface area contributed by atoms with Gasteiger partial charge in [0, 0.05) is 5.56 Å². The molecule has 0 amide bonds. The Morgan fingerprint density at radius 3 is 2.48 bits per heavy atom. The van der Waals surface area contributed by atoms with E-state index >= 15 is 0 Å². The summed E-state index contributed by atoms with van der Waals surface area (Å²) in [5.74, 6) is 1.06. The molecule has 1 rings (SSSR count). The third-order valence-electron chi connectivity index (χ3n) is 2.96. The highest BCUT2D eigenvalue weighted by molar-refractivity contribution is 5.88. The number of rotatable bonds is 6. The lowest BCUT2D eigenvalue weighted by molar-refractivity contribution is -0.138. The van der Waals surface area contributed by atoms with E-state index in [1.165, 1.54) is 0 Å². The quantitative estimate of drug-likeness (QED) is 0.594. The van der Waals surface area contributed by atoms with Crippen molar-refractivity contribution in [2.45, 2.75) is 33.1 Å². The molecule has 0 atom stereocenters. The van der Waals surface area contributed by atoms with Crippen LogP contribution in [0, 0.1) is 0 Å². The molecule has 0 bridgehead atoms. The maximum absolute atomic E-state index is 11.5. The first-order valence-electron chi connectivity index (χ1n) is 6.95. The third-order valence-corrected chi connectivity index (χ3v) is 2.96. The van der Waals surface area contributed by atoms with Gasteiger partial charge in [-0.2, -0.15) is 0 Å². The molecular formula is C17H24O4. The molecule has 0 fully saturated rings. The van der Waals surface area contributed by atoms with Gasteiger partial charge in [0.1, 0.15) is 18.1 Å². The number of hydrogen-bond acceptors (Lipinski definition) is 4. The Morgan fingerprint density at radius 1 is 1.29 bits per heavy atom. The first-order valence-corrected chi connectivity index (χ1v) is 6.95. The van der Waals surface area contributed by atoms with Gasteiger partial charge in [0.2, 0.25) is 0 Å². The van der Waals surface area contributed by atoms with Crippen LogP contribution in [0.3, 0.4) is 0 Å². The minimum atomic E-state index is -0.427. The second-order valence-corrected chi connectivity index (χ2v) is 5.72. The van der Waals surface area contributed by atoms with Gasteiger partial charge in [-0.3, -0.25) is 0 Å². The van der Waals surface area contributed by atoms with Crippen molar-refractivity contribution in [1.82, 2.24) is 0 Å². The van der Waals surface area contributed by atoms with Crippen LogP contribution in [0.2, 0.25) is 0 Å². The molecule has 0 saturated heterocycles. The van der Waals surface area contributed by atoms with Gasteiger partial charge in [-0.15, -0.1) is 0 Å². The van der Waals surface area contributed by atoms with Crippen molar-refractivity contribution in [1.29, 1.82) is 0 Å². The topological polar surface area (TPSA) is 44.8 Å². The molecule has 21 heavy (non-hydrogen) atoms. The molecule has 0 saturated carbocycles. The molecule has 0 aliphatic carbocycles. The van der Waals surface area contributed by atoms with Crippen LogP contribution in [0.5, 0.6) is 11.5 Å². The highest BCUT2D eigenvalue weighted by Crippen LogP contribution is 2.34. The molecule has 1 aromatic carbocycles. The van der Waals surface area contributed by atoms with E-state index in [0.29, 0.717) is 17.9 Å². The van der Waals surface area contributed by atoms with E-state index in [1.54, 1.807) is 14.0 Å². The average molecular weight is 292 g/mol. The molecule has 0 unspecified atom stereocenters. The van der Waals surface area contributed by atoms with Crippen LogP contribution in [-0.4, -0.2) is 26.3 Å². The molecule has 4 nitrogen and oxygen atoms in total. The van der Waals surface area contributed by atoms with Gasteiger partial charge in [0.15, 0.2) is 0 Å². The lowest BCUT2D eigenvalue weighted by Gasteiger charge is -2.23. The minimum absolute atomic E-state index is 0.102. The number of hydrogen-bond donors (Lipinski definition) is 0. The van der Waals surface area contributed by atoms with E-state index in [1.807, 2.05) is 18.2 Å². The van der Waals surface area contributed by atoms with Crippen molar-refractivity contribution in [3.05, 3.63) is 35.9 Å². The molecule has 0 aliphatic rings. The second-order valence-electron chi connectivity index (χ2n) is 5.72. The minimum Gasteiger partial charge on any atom is -0.497 e. The van der Waals surface area contributed by atoms with Crippen molar-refractivity contribution in [2.75, 3.05) is 20.3 Å². The fraction of sp³-hybridized carbons (Fsp3) is 0.471. The molecule has 0 heterocycles. The summed E-state index contributed by atoms with van der Waals surface area (Å²) in [4.78, 5) is 11.5. The monoisotopic (exact) mass is 292 g/mol. The molecule has 1 aromatic rings. The summed E-state index contributed by atoms with van der Waals surface area (Å²) in [7, 11) is 1.63. The van der Waals surface area contributed by atoms with E-state index in [2.05, 4.69) is 27.4 Å². The Labute approximate surface area is 126 Å². The standard InChI is InChI=1S/C17H24O4/c1-7-20-16(18)12(2)11-21-15-9-8-13(19-6)10-14(15)17(3,4)5/h8-10H,2,7,11H2,1,3-6H3. The summed E-state index contributed by atoms with van der Waals surface area (Å²) in [5, 5.41) is 0. The SMILES string of the molecule is C=C(COc1ccc(OC)cc1C(C)(C)C)C(=O)OCC. The van der Waals surface area contributed by atoms with Crippen LogP contribution in [0.25, 0.3) is 0 Å². The van der Waals surface area contributed by atoms with Gasteiger partial charge in [-0.25, -0.2) is 4.79 Å². The van der Waals surface area contributed by atoms with Gasteiger partial charge >= 0.3 is 5.97 Å². The van der Waals surface area contributed by atoms with Crippen molar-refractivity contribution in [2.24, 2.45) is 0 Å². The Bertz CT molecular complexity index is 512. The number of methoxy groups -OCH3 is 1.